The van der Waals surface area contributed by atoms with Crippen LogP contribution in [0.2, 0.25) is 0 Å². The highest BCUT2D eigenvalue weighted by Gasteiger charge is 2.16. The maximum atomic E-state index is 12.9. The van der Waals surface area contributed by atoms with Gasteiger partial charge in [0.05, 0.1) is 32.6 Å². The van der Waals surface area contributed by atoms with Gasteiger partial charge < -0.3 is 9.72 Å². The van der Waals surface area contributed by atoms with Gasteiger partial charge >= 0.3 is 5.97 Å². The Hall–Kier alpha value is -3.84. The van der Waals surface area contributed by atoms with Crippen LogP contribution in [0.3, 0.4) is 0 Å². The molecule has 0 saturated carbocycles. The lowest BCUT2D eigenvalue weighted by atomic mass is 10.1. The molecule has 0 aliphatic carbocycles. The van der Waals surface area contributed by atoms with Crippen LogP contribution < -0.4 is 5.56 Å². The van der Waals surface area contributed by atoms with E-state index in [9.17, 15) is 9.59 Å². The van der Waals surface area contributed by atoms with Gasteiger partial charge in [0.15, 0.2) is 0 Å². The Morgan fingerprint density at radius 3 is 2.43 bits per heavy atom. The number of fused-ring (bicyclic) bond motifs is 2. The Balaban J connectivity index is 1.48. The quantitative estimate of drug-likeness (QED) is 0.437. The van der Waals surface area contributed by atoms with Crippen molar-refractivity contribution in [2.75, 3.05) is 0 Å². The number of H-pyrrole nitrogens is 1. The number of hydrogen-bond donors (Lipinski definition) is 1. The Labute approximate surface area is 174 Å². The second kappa shape index (κ2) is 7.53. The smallest absolute Gasteiger partial charge is 0.339 e. The lowest BCUT2D eigenvalue weighted by molar-refractivity contribution is 0.0464. The molecule has 5 aromatic rings. The van der Waals surface area contributed by atoms with Crippen molar-refractivity contribution in [2.24, 2.45) is 0 Å². The van der Waals surface area contributed by atoms with Crippen molar-refractivity contribution in [1.82, 2.24) is 15.0 Å². The minimum absolute atomic E-state index is 0.135. The normalized spacial score (nSPS) is 11.1. The molecule has 0 radical (unpaired) electrons. The predicted octanol–water partition coefficient (Wildman–Crippen LogP) is 4.56. The summed E-state index contributed by atoms with van der Waals surface area (Å²) >= 11 is 1.55. The minimum Gasteiger partial charge on any atom is -0.454 e. The zero-order valence-electron chi connectivity index (χ0n) is 15.7. The lowest BCUT2D eigenvalue weighted by Gasteiger charge is -2.09. The van der Waals surface area contributed by atoms with E-state index in [1.54, 1.807) is 41.7 Å². The van der Waals surface area contributed by atoms with Crippen LogP contribution in [0, 0.1) is 0 Å². The number of benzene rings is 2. The molecule has 7 heteroatoms. The van der Waals surface area contributed by atoms with Gasteiger partial charge in [-0.05, 0) is 35.7 Å². The Bertz CT molecular complexity index is 1440. The molecular weight excluding hydrogens is 398 g/mol. The number of hydrogen-bond acceptors (Lipinski definition) is 6. The van der Waals surface area contributed by atoms with Gasteiger partial charge in [-0.15, -0.1) is 11.3 Å². The number of para-hydroxylation sites is 2. The SMILES string of the molecule is O=C(OCc1nc2ccccc2c(=O)[nH]1)c1cc(-c2cccs2)nc2ccccc12. The van der Waals surface area contributed by atoms with Crippen molar-refractivity contribution in [3.8, 4) is 10.6 Å². The van der Waals surface area contributed by atoms with Crippen molar-refractivity contribution in [2.45, 2.75) is 6.61 Å². The number of nitrogens with one attached hydrogen (secondary N) is 1. The van der Waals surface area contributed by atoms with Crippen molar-refractivity contribution in [3.63, 3.8) is 0 Å². The van der Waals surface area contributed by atoms with Crippen LogP contribution in [0.15, 0.2) is 76.9 Å². The highest BCUT2D eigenvalue weighted by atomic mass is 32.1. The van der Waals surface area contributed by atoms with Crippen LogP contribution in [0.1, 0.15) is 16.2 Å². The van der Waals surface area contributed by atoms with Crippen LogP contribution in [0.5, 0.6) is 0 Å². The second-order valence-electron chi connectivity index (χ2n) is 6.66. The van der Waals surface area contributed by atoms with E-state index >= 15 is 0 Å². The summed E-state index contributed by atoms with van der Waals surface area (Å²) in [6.45, 7) is -0.135. The number of rotatable bonds is 4. The molecule has 146 valence electrons. The zero-order valence-corrected chi connectivity index (χ0v) is 16.5. The van der Waals surface area contributed by atoms with E-state index in [1.807, 2.05) is 41.8 Å². The number of thiophene rings is 1. The third kappa shape index (κ3) is 3.35. The van der Waals surface area contributed by atoms with Crippen LogP contribution >= 0.6 is 11.3 Å². The molecule has 0 aliphatic heterocycles. The molecule has 0 amide bonds. The number of pyridine rings is 1. The number of carbonyl (C=O) groups excluding carboxylic acids is 1. The molecule has 6 nitrogen and oxygen atoms in total. The molecule has 5 rings (SSSR count). The van der Waals surface area contributed by atoms with E-state index in [1.165, 1.54) is 0 Å². The third-order valence-corrected chi connectivity index (χ3v) is 5.60. The Morgan fingerprint density at radius 2 is 1.67 bits per heavy atom. The number of nitrogens with zero attached hydrogens (tertiary/aromatic N) is 2. The summed E-state index contributed by atoms with van der Waals surface area (Å²) in [7, 11) is 0. The molecule has 0 aliphatic rings. The van der Waals surface area contributed by atoms with E-state index in [0.717, 1.165) is 4.88 Å². The van der Waals surface area contributed by atoms with Gasteiger partial charge in [-0.25, -0.2) is 14.8 Å². The first-order valence-corrected chi connectivity index (χ1v) is 10.2. The first kappa shape index (κ1) is 18.2. The van der Waals surface area contributed by atoms with Gasteiger partial charge in [0.25, 0.3) is 5.56 Å². The standard InChI is InChI=1S/C23H15N3O3S/c27-22-15-7-2-4-9-18(15)25-21(26-22)13-29-23(28)16-12-19(20-10-5-11-30-20)24-17-8-3-1-6-14(16)17/h1-12H,13H2,(H,25,26,27). The fraction of sp³-hybridized carbons (Fsp3) is 0.0435. The summed E-state index contributed by atoms with van der Waals surface area (Å²) in [4.78, 5) is 37.8. The molecule has 0 atom stereocenters. The number of esters is 1. The second-order valence-corrected chi connectivity index (χ2v) is 7.60. The van der Waals surface area contributed by atoms with E-state index in [-0.39, 0.29) is 12.2 Å². The van der Waals surface area contributed by atoms with Crippen LogP contribution in [0.25, 0.3) is 32.4 Å². The molecule has 2 aromatic carbocycles. The van der Waals surface area contributed by atoms with Crippen molar-refractivity contribution in [3.05, 3.63) is 93.9 Å². The molecule has 0 unspecified atom stereocenters. The topological polar surface area (TPSA) is 84.9 Å². The highest BCUT2D eigenvalue weighted by molar-refractivity contribution is 7.13. The van der Waals surface area contributed by atoms with Crippen LogP contribution in [-0.2, 0) is 11.3 Å². The fourth-order valence-corrected chi connectivity index (χ4v) is 4.00. The van der Waals surface area contributed by atoms with Gasteiger partial charge in [0, 0.05) is 5.39 Å². The van der Waals surface area contributed by atoms with Crippen molar-refractivity contribution >= 4 is 39.1 Å². The van der Waals surface area contributed by atoms with Gasteiger partial charge in [-0.3, -0.25) is 4.79 Å². The Morgan fingerprint density at radius 1 is 0.933 bits per heavy atom. The largest absolute Gasteiger partial charge is 0.454 e. The molecule has 1 N–H and O–H groups in total. The monoisotopic (exact) mass is 413 g/mol. The maximum Gasteiger partial charge on any atom is 0.339 e. The molecule has 3 heterocycles. The van der Waals surface area contributed by atoms with Gasteiger partial charge in [-0.1, -0.05) is 36.4 Å². The molecular formula is C23H15N3O3S. The molecule has 0 bridgehead atoms. The van der Waals surface area contributed by atoms with Crippen molar-refractivity contribution in [1.29, 1.82) is 0 Å². The molecule has 30 heavy (non-hydrogen) atoms. The summed E-state index contributed by atoms with van der Waals surface area (Å²) < 4.78 is 5.50. The predicted molar refractivity (Wildman–Crippen MR) is 117 cm³/mol. The van der Waals surface area contributed by atoms with Crippen LogP contribution in [-0.4, -0.2) is 20.9 Å². The summed E-state index contributed by atoms with van der Waals surface area (Å²) in [5.74, 6) is -0.203. The van der Waals surface area contributed by atoms with E-state index in [2.05, 4.69) is 15.0 Å². The van der Waals surface area contributed by atoms with Gasteiger partial charge in [0.1, 0.15) is 12.4 Å². The van der Waals surface area contributed by atoms with Crippen LogP contribution in [0.4, 0.5) is 0 Å². The summed E-state index contributed by atoms with van der Waals surface area (Å²) in [5, 5.41) is 3.17. The number of ether oxygens (including phenoxy) is 1. The molecule has 0 spiro atoms. The lowest BCUT2D eigenvalue weighted by Crippen LogP contribution is -2.14. The van der Waals surface area contributed by atoms with E-state index < -0.39 is 5.97 Å². The Kier molecular flexibility index (Phi) is 4.57. The highest BCUT2D eigenvalue weighted by Crippen LogP contribution is 2.28. The average molecular weight is 413 g/mol. The van der Waals surface area contributed by atoms with E-state index in [4.69, 9.17) is 4.74 Å². The number of carbonyl (C=O) groups is 1. The third-order valence-electron chi connectivity index (χ3n) is 4.71. The maximum absolute atomic E-state index is 12.9. The molecule has 3 aromatic heterocycles. The van der Waals surface area contributed by atoms with Gasteiger partial charge in [0.2, 0.25) is 0 Å². The summed E-state index contributed by atoms with van der Waals surface area (Å²) in [6, 6.07) is 20.1. The zero-order chi connectivity index (χ0) is 20.5. The van der Waals surface area contributed by atoms with Crippen molar-refractivity contribution < 1.29 is 9.53 Å². The fourth-order valence-electron chi connectivity index (χ4n) is 3.31. The molecule has 0 fully saturated rings. The first-order valence-electron chi connectivity index (χ1n) is 9.28. The summed E-state index contributed by atoms with van der Waals surface area (Å²) in [6.07, 6.45) is 0. The number of aromatic nitrogens is 3. The van der Waals surface area contributed by atoms with Gasteiger partial charge in [-0.2, -0.15) is 0 Å². The molecule has 0 saturated heterocycles. The average Bonchev–Trinajstić information content (AvgIpc) is 3.32. The van der Waals surface area contributed by atoms with E-state index in [0.29, 0.717) is 38.9 Å². The summed E-state index contributed by atoms with van der Waals surface area (Å²) in [5.41, 5.74) is 2.15. The number of aromatic amines is 1. The first-order chi connectivity index (χ1) is 14.7. The minimum atomic E-state index is -0.498.